The fraction of sp³-hybridized carbons (Fsp3) is 0.512. The van der Waals surface area contributed by atoms with E-state index in [2.05, 4.69) is 137 Å². The van der Waals surface area contributed by atoms with Crippen molar-refractivity contribution in [2.24, 2.45) is 0 Å². The molecule has 260 valence electrons. The SMILES string of the molecule is CC(C)c1cccc(C(C)C)c1C1(c2c(C(C)C)cccc2C(C)C)n2cc[n+](c2)CC(=O)N[C@@H]2CCCC[C@H]2NC(=O)C[n+]2ccn1c2. The number of hydrogen-bond donors (Lipinski definition) is 2. The Morgan fingerprint density at radius 1 is 0.612 bits per heavy atom. The number of amides is 2. The largest absolute Gasteiger partial charge is 0.348 e. The molecule has 4 aromatic rings. The molecule has 2 atom stereocenters. The highest BCUT2D eigenvalue weighted by atomic mass is 16.2. The Labute approximate surface area is 292 Å². The highest BCUT2D eigenvalue weighted by Crippen LogP contribution is 2.48. The van der Waals surface area contributed by atoms with E-state index in [0.717, 1.165) is 25.7 Å². The number of rotatable bonds is 6. The lowest BCUT2D eigenvalue weighted by atomic mass is 9.73. The van der Waals surface area contributed by atoms with Crippen LogP contribution in [0.25, 0.3) is 0 Å². The van der Waals surface area contributed by atoms with E-state index in [9.17, 15) is 9.59 Å². The van der Waals surface area contributed by atoms with E-state index in [1.165, 1.54) is 33.4 Å². The normalized spacial score (nSPS) is 19.8. The second kappa shape index (κ2) is 14.0. The number of nitrogens with one attached hydrogen (secondary N) is 2. The molecule has 2 aromatic heterocycles. The average molecular weight is 665 g/mol. The molecule has 8 heteroatoms. The Balaban J connectivity index is 1.76. The minimum absolute atomic E-state index is 0.0395. The van der Waals surface area contributed by atoms with Crippen molar-refractivity contribution in [2.75, 3.05) is 0 Å². The lowest BCUT2D eigenvalue weighted by Crippen LogP contribution is -2.56. The first-order valence-electron chi connectivity index (χ1n) is 18.4. The highest BCUT2D eigenvalue weighted by molar-refractivity contribution is 5.76. The van der Waals surface area contributed by atoms with Gasteiger partial charge in [0.25, 0.3) is 11.8 Å². The van der Waals surface area contributed by atoms with Gasteiger partial charge in [-0.05, 0) is 58.8 Å². The van der Waals surface area contributed by atoms with Gasteiger partial charge >= 0.3 is 5.66 Å². The van der Waals surface area contributed by atoms with Crippen LogP contribution in [-0.2, 0) is 28.3 Å². The van der Waals surface area contributed by atoms with Crippen LogP contribution < -0.4 is 19.8 Å². The molecule has 49 heavy (non-hydrogen) atoms. The van der Waals surface area contributed by atoms with Crippen LogP contribution in [-0.4, -0.2) is 33.0 Å². The molecule has 1 saturated carbocycles. The first-order chi connectivity index (χ1) is 23.4. The molecule has 1 aliphatic heterocycles. The number of aromatic nitrogens is 4. The predicted molar refractivity (Wildman–Crippen MR) is 192 cm³/mol. The maximum atomic E-state index is 13.7. The Bertz CT molecular complexity index is 1630. The summed E-state index contributed by atoms with van der Waals surface area (Å²) in [5.74, 6) is 0.870. The van der Waals surface area contributed by atoms with Crippen LogP contribution in [0.4, 0.5) is 0 Å². The van der Waals surface area contributed by atoms with Crippen LogP contribution in [0.15, 0.2) is 73.8 Å². The Kier molecular flexibility index (Phi) is 9.88. The van der Waals surface area contributed by atoms with Gasteiger partial charge in [-0.3, -0.25) is 9.59 Å². The first-order valence-corrected chi connectivity index (χ1v) is 18.4. The number of benzene rings is 2. The molecule has 6 rings (SSSR count). The number of fused-ring (bicyclic) bond motifs is 5. The van der Waals surface area contributed by atoms with E-state index in [-0.39, 0.29) is 60.7 Å². The van der Waals surface area contributed by atoms with Gasteiger partial charge in [0.15, 0.2) is 13.1 Å². The van der Waals surface area contributed by atoms with Crippen molar-refractivity contribution in [3.05, 3.63) is 107 Å². The number of nitrogens with zero attached hydrogens (tertiary/aromatic N) is 4. The summed E-state index contributed by atoms with van der Waals surface area (Å²) in [7, 11) is 0. The van der Waals surface area contributed by atoms with Crippen molar-refractivity contribution >= 4 is 11.8 Å². The van der Waals surface area contributed by atoms with Gasteiger partial charge in [-0.25, -0.2) is 9.13 Å². The van der Waals surface area contributed by atoms with Gasteiger partial charge in [0.2, 0.25) is 12.7 Å². The molecular formula is C41H56N6O2+2. The Hall–Kier alpha value is -4.20. The van der Waals surface area contributed by atoms with Crippen molar-refractivity contribution < 1.29 is 18.7 Å². The summed E-state index contributed by atoms with van der Waals surface area (Å²) in [6.45, 7) is 18.6. The number of carbonyl (C=O) groups excluding carboxylic acids is 2. The summed E-state index contributed by atoms with van der Waals surface area (Å²) in [4.78, 5) is 27.3. The van der Waals surface area contributed by atoms with E-state index in [1.807, 2.05) is 21.5 Å². The van der Waals surface area contributed by atoms with Gasteiger partial charge in [-0.1, -0.05) is 105 Å². The summed E-state index contributed by atoms with van der Waals surface area (Å²) in [5, 5.41) is 6.58. The number of imidazole rings is 2. The lowest BCUT2D eigenvalue weighted by Gasteiger charge is -2.37. The van der Waals surface area contributed by atoms with E-state index in [1.54, 1.807) is 0 Å². The summed E-state index contributed by atoms with van der Waals surface area (Å²) >= 11 is 0. The Morgan fingerprint density at radius 3 is 1.29 bits per heavy atom. The van der Waals surface area contributed by atoms with Crippen molar-refractivity contribution in [3.63, 3.8) is 0 Å². The van der Waals surface area contributed by atoms with Crippen molar-refractivity contribution in [3.8, 4) is 0 Å². The zero-order valence-electron chi connectivity index (χ0n) is 30.7. The molecule has 2 aromatic carbocycles. The smallest absolute Gasteiger partial charge is 0.306 e. The zero-order valence-corrected chi connectivity index (χ0v) is 30.7. The van der Waals surface area contributed by atoms with Crippen molar-refractivity contribution in [1.29, 1.82) is 0 Å². The molecule has 1 aliphatic carbocycles. The number of hydrogen-bond acceptors (Lipinski definition) is 2. The molecule has 3 heterocycles. The summed E-state index contributed by atoms with van der Waals surface area (Å²) in [6.07, 6.45) is 16.4. The van der Waals surface area contributed by atoms with E-state index < -0.39 is 5.66 Å². The van der Waals surface area contributed by atoms with E-state index >= 15 is 0 Å². The third-order valence-electron chi connectivity index (χ3n) is 10.7. The predicted octanol–water partition coefficient (Wildman–Crippen LogP) is 6.21. The lowest BCUT2D eigenvalue weighted by molar-refractivity contribution is -0.685. The van der Waals surface area contributed by atoms with Gasteiger partial charge in [-0.15, -0.1) is 0 Å². The van der Waals surface area contributed by atoms with Gasteiger partial charge in [0.05, 0.1) is 11.1 Å². The fourth-order valence-corrected chi connectivity index (χ4v) is 8.35. The fourth-order valence-electron chi connectivity index (χ4n) is 8.35. The van der Waals surface area contributed by atoms with Crippen molar-refractivity contribution in [1.82, 2.24) is 19.8 Å². The minimum atomic E-state index is -0.890. The van der Waals surface area contributed by atoms with Crippen molar-refractivity contribution in [2.45, 2.75) is 136 Å². The highest BCUT2D eigenvalue weighted by Gasteiger charge is 2.54. The van der Waals surface area contributed by atoms with Gasteiger partial charge in [0, 0.05) is 12.1 Å². The van der Waals surface area contributed by atoms with Crippen LogP contribution in [0.3, 0.4) is 0 Å². The zero-order chi connectivity index (χ0) is 35.0. The number of carbonyl (C=O) groups is 2. The van der Waals surface area contributed by atoms with E-state index in [0.29, 0.717) is 0 Å². The van der Waals surface area contributed by atoms with Crippen LogP contribution in [0.5, 0.6) is 0 Å². The summed E-state index contributed by atoms with van der Waals surface area (Å²) < 4.78 is 8.68. The van der Waals surface area contributed by atoms with Crippen LogP contribution in [0.2, 0.25) is 0 Å². The van der Waals surface area contributed by atoms with E-state index in [4.69, 9.17) is 0 Å². The second-order valence-corrected chi connectivity index (χ2v) is 15.5. The first kappa shape index (κ1) is 34.7. The quantitative estimate of drug-likeness (QED) is 0.241. The van der Waals surface area contributed by atoms with Crippen LogP contribution >= 0.6 is 0 Å². The molecule has 8 nitrogen and oxygen atoms in total. The van der Waals surface area contributed by atoms with Crippen LogP contribution in [0.1, 0.15) is 138 Å². The molecular weight excluding hydrogens is 608 g/mol. The molecule has 2 N–H and O–H groups in total. The molecule has 4 bridgehead atoms. The topological polar surface area (TPSA) is 75.8 Å². The Morgan fingerprint density at radius 2 is 0.959 bits per heavy atom. The maximum absolute atomic E-state index is 13.7. The van der Waals surface area contributed by atoms with Gasteiger partial charge in [-0.2, -0.15) is 9.13 Å². The second-order valence-electron chi connectivity index (χ2n) is 15.5. The monoisotopic (exact) mass is 664 g/mol. The molecule has 2 aliphatic rings. The maximum Gasteiger partial charge on any atom is 0.306 e. The average Bonchev–Trinajstić information content (AvgIpc) is 3.72. The van der Waals surface area contributed by atoms with Gasteiger partial charge < -0.3 is 10.6 Å². The third-order valence-corrected chi connectivity index (χ3v) is 10.7. The molecule has 2 amide bonds. The van der Waals surface area contributed by atoms with Crippen LogP contribution in [0, 0.1) is 0 Å². The van der Waals surface area contributed by atoms with Gasteiger partial charge in [0.1, 0.15) is 24.8 Å². The third kappa shape index (κ3) is 6.47. The minimum Gasteiger partial charge on any atom is -0.348 e. The summed E-state index contributed by atoms with van der Waals surface area (Å²) in [5.41, 5.74) is 6.69. The molecule has 0 radical (unpaired) electrons. The molecule has 1 fully saturated rings. The summed E-state index contributed by atoms with van der Waals surface area (Å²) in [6, 6.07) is 13.4. The molecule has 0 saturated heterocycles. The molecule has 0 spiro atoms. The molecule has 0 unspecified atom stereocenters. The standard InChI is InChI=1S/C41H54N6O2/c1-27(2)31-13-11-14-32(28(3)4)39(31)41(40-33(29(5)6)15-12-16-34(40)30(7)8)46-21-19-44(25-46)23-37(48)42-35-17-9-10-18-36(35)43-38(49)24-45-20-22-47(41)26-45/h11-16,19-22,25-30,35-36H,9-10,17-18,23-24H2,1-8H3/p+2/t35-,36-/m1/s1.